The van der Waals surface area contributed by atoms with E-state index in [1.165, 1.54) is 0 Å². The van der Waals surface area contributed by atoms with Crippen molar-refractivity contribution in [2.75, 3.05) is 6.61 Å². The molecule has 0 aliphatic heterocycles. The van der Waals surface area contributed by atoms with Crippen LogP contribution in [0.2, 0.25) is 0 Å². The maximum absolute atomic E-state index is 5.83. The second-order valence-corrected chi connectivity index (χ2v) is 5.03. The summed E-state index contributed by atoms with van der Waals surface area (Å²) >= 11 is 9.27. The largest absolute Gasteiger partial charge is 0.494 e. The summed E-state index contributed by atoms with van der Waals surface area (Å²) in [7, 11) is 0. The Kier molecular flexibility index (Phi) is 5.11. The third-order valence-corrected chi connectivity index (χ3v) is 3.42. The zero-order chi connectivity index (χ0) is 13.7. The Morgan fingerprint density at radius 3 is 2.58 bits per heavy atom. The normalized spacial score (nSPS) is 10.3. The van der Waals surface area contributed by atoms with E-state index in [1.807, 2.05) is 49.4 Å². The molecule has 4 heteroatoms. The third-order valence-electron chi connectivity index (χ3n) is 2.49. The number of rotatable bonds is 5. The van der Waals surface area contributed by atoms with Crippen molar-refractivity contribution in [2.24, 2.45) is 0 Å². The van der Waals surface area contributed by atoms with Gasteiger partial charge in [0.2, 0.25) is 0 Å². The van der Waals surface area contributed by atoms with Crippen molar-refractivity contribution in [3.63, 3.8) is 0 Å². The van der Waals surface area contributed by atoms with Crippen LogP contribution in [0, 0.1) is 0 Å². The molecule has 0 saturated heterocycles. The van der Waals surface area contributed by atoms with Gasteiger partial charge in [0, 0.05) is 11.9 Å². The molecule has 0 saturated carbocycles. The summed E-state index contributed by atoms with van der Waals surface area (Å²) in [6, 6.07) is 13.4. The summed E-state index contributed by atoms with van der Waals surface area (Å²) in [5.41, 5.74) is 1.05. The van der Waals surface area contributed by atoms with Crippen molar-refractivity contribution in [1.29, 1.82) is 0 Å². The lowest BCUT2D eigenvalue weighted by molar-refractivity contribution is 0.338. The van der Waals surface area contributed by atoms with E-state index in [9.17, 15) is 0 Å². The minimum absolute atomic E-state index is 0.485. The Labute approximate surface area is 126 Å². The highest BCUT2D eigenvalue weighted by atomic mass is 79.9. The van der Waals surface area contributed by atoms with Crippen molar-refractivity contribution in [3.05, 3.63) is 52.5 Å². The van der Waals surface area contributed by atoms with E-state index in [0.29, 0.717) is 12.5 Å². The molecule has 0 bridgehead atoms. The Balaban J connectivity index is 2.18. The number of benzene rings is 2. The average molecular weight is 342 g/mol. The van der Waals surface area contributed by atoms with Crippen LogP contribution in [-0.4, -0.2) is 6.61 Å². The van der Waals surface area contributed by atoms with Gasteiger partial charge in [0.1, 0.15) is 17.2 Å². The number of alkyl halides is 1. The number of halogens is 2. The second kappa shape index (κ2) is 6.83. The van der Waals surface area contributed by atoms with Crippen LogP contribution in [0.3, 0.4) is 0 Å². The molecule has 0 aromatic heterocycles. The smallest absolute Gasteiger partial charge is 0.141 e. The molecule has 0 fully saturated rings. The van der Waals surface area contributed by atoms with Crippen LogP contribution in [0.1, 0.15) is 12.5 Å². The van der Waals surface area contributed by atoms with Gasteiger partial charge < -0.3 is 9.47 Å². The van der Waals surface area contributed by atoms with Crippen LogP contribution < -0.4 is 9.47 Å². The molecule has 2 aromatic rings. The Morgan fingerprint density at radius 1 is 1.11 bits per heavy atom. The fourth-order valence-electron chi connectivity index (χ4n) is 1.63. The van der Waals surface area contributed by atoms with Crippen LogP contribution >= 0.6 is 27.5 Å². The van der Waals surface area contributed by atoms with Crippen LogP contribution in [0.25, 0.3) is 0 Å². The van der Waals surface area contributed by atoms with Crippen molar-refractivity contribution in [2.45, 2.75) is 12.8 Å². The topological polar surface area (TPSA) is 18.5 Å². The minimum Gasteiger partial charge on any atom is -0.494 e. The molecule has 0 N–H and O–H groups in total. The summed E-state index contributed by atoms with van der Waals surface area (Å²) in [5.74, 6) is 2.78. The third kappa shape index (κ3) is 3.88. The van der Waals surface area contributed by atoms with Gasteiger partial charge in [0.05, 0.1) is 11.1 Å². The molecule has 0 atom stereocenters. The van der Waals surface area contributed by atoms with Crippen LogP contribution in [0.5, 0.6) is 17.2 Å². The van der Waals surface area contributed by atoms with Crippen molar-refractivity contribution in [1.82, 2.24) is 0 Å². The van der Waals surface area contributed by atoms with E-state index < -0.39 is 0 Å². The van der Waals surface area contributed by atoms with Gasteiger partial charge in [-0.3, -0.25) is 0 Å². The van der Waals surface area contributed by atoms with Gasteiger partial charge in [-0.1, -0.05) is 12.1 Å². The fraction of sp³-hybridized carbons (Fsp3) is 0.200. The molecular formula is C15H14BrClO2. The Bertz CT molecular complexity index is 558. The first-order valence-corrected chi connectivity index (χ1v) is 7.30. The lowest BCUT2D eigenvalue weighted by atomic mass is 10.2. The maximum Gasteiger partial charge on any atom is 0.141 e. The van der Waals surface area contributed by atoms with E-state index >= 15 is 0 Å². The van der Waals surface area contributed by atoms with Gasteiger partial charge >= 0.3 is 0 Å². The Morgan fingerprint density at radius 2 is 1.89 bits per heavy atom. The summed E-state index contributed by atoms with van der Waals surface area (Å²) in [6.07, 6.45) is 0. The Hall–Kier alpha value is -1.19. The molecule has 100 valence electrons. The molecule has 0 amide bonds. The zero-order valence-electron chi connectivity index (χ0n) is 10.5. The van der Waals surface area contributed by atoms with Crippen molar-refractivity contribution >= 4 is 27.5 Å². The summed E-state index contributed by atoms with van der Waals surface area (Å²) < 4.78 is 12.1. The van der Waals surface area contributed by atoms with E-state index in [4.69, 9.17) is 21.1 Å². The minimum atomic E-state index is 0.485. The first kappa shape index (κ1) is 14.2. The maximum atomic E-state index is 5.83. The molecule has 0 aliphatic carbocycles. The van der Waals surface area contributed by atoms with Crippen LogP contribution in [0.4, 0.5) is 0 Å². The number of ether oxygens (including phenoxy) is 2. The van der Waals surface area contributed by atoms with Crippen LogP contribution in [-0.2, 0) is 5.88 Å². The van der Waals surface area contributed by atoms with Crippen LogP contribution in [0.15, 0.2) is 46.9 Å². The van der Waals surface area contributed by atoms with Crippen molar-refractivity contribution < 1.29 is 9.47 Å². The molecule has 0 aliphatic rings. The molecule has 19 heavy (non-hydrogen) atoms. The van der Waals surface area contributed by atoms with E-state index in [2.05, 4.69) is 15.9 Å². The first-order valence-electron chi connectivity index (χ1n) is 5.98. The summed E-state index contributed by atoms with van der Waals surface area (Å²) in [6.45, 7) is 2.59. The van der Waals surface area contributed by atoms with E-state index in [1.54, 1.807) is 0 Å². The zero-order valence-corrected chi connectivity index (χ0v) is 12.9. The van der Waals surface area contributed by atoms with Gasteiger partial charge in [-0.15, -0.1) is 11.6 Å². The predicted molar refractivity (Wildman–Crippen MR) is 81.4 cm³/mol. The molecule has 0 heterocycles. The molecule has 0 unspecified atom stereocenters. The lowest BCUT2D eigenvalue weighted by Gasteiger charge is -2.10. The SMILES string of the molecule is CCOc1cccc(Oc2ccc(CCl)cc2Br)c1. The highest BCUT2D eigenvalue weighted by Crippen LogP contribution is 2.32. The van der Waals surface area contributed by atoms with Crippen molar-refractivity contribution in [3.8, 4) is 17.2 Å². The van der Waals surface area contributed by atoms with Gasteiger partial charge in [-0.25, -0.2) is 0 Å². The van der Waals surface area contributed by atoms with E-state index in [0.717, 1.165) is 27.3 Å². The number of hydrogen-bond donors (Lipinski definition) is 0. The molecule has 2 aromatic carbocycles. The van der Waals surface area contributed by atoms with Gasteiger partial charge in [0.15, 0.2) is 0 Å². The highest BCUT2D eigenvalue weighted by Gasteiger charge is 2.05. The first-order chi connectivity index (χ1) is 9.22. The highest BCUT2D eigenvalue weighted by molar-refractivity contribution is 9.10. The monoisotopic (exact) mass is 340 g/mol. The molecule has 2 nitrogen and oxygen atoms in total. The summed E-state index contributed by atoms with van der Waals surface area (Å²) in [5, 5.41) is 0. The number of hydrogen-bond acceptors (Lipinski definition) is 2. The van der Waals surface area contributed by atoms with Gasteiger partial charge in [-0.05, 0) is 52.7 Å². The summed E-state index contributed by atoms with van der Waals surface area (Å²) in [4.78, 5) is 0. The molecular weight excluding hydrogens is 328 g/mol. The second-order valence-electron chi connectivity index (χ2n) is 3.91. The fourth-order valence-corrected chi connectivity index (χ4v) is 2.30. The average Bonchev–Trinajstić information content (AvgIpc) is 2.42. The van der Waals surface area contributed by atoms with Gasteiger partial charge in [-0.2, -0.15) is 0 Å². The van der Waals surface area contributed by atoms with Gasteiger partial charge in [0.25, 0.3) is 0 Å². The molecule has 0 radical (unpaired) electrons. The predicted octanol–water partition coefficient (Wildman–Crippen LogP) is 5.38. The van der Waals surface area contributed by atoms with E-state index in [-0.39, 0.29) is 0 Å². The standard InChI is InChI=1S/C15H14BrClO2/c1-2-18-12-4-3-5-13(9-12)19-15-7-6-11(10-17)8-14(15)16/h3-9H,2,10H2,1H3. The lowest BCUT2D eigenvalue weighted by Crippen LogP contribution is -1.92. The molecule has 2 rings (SSSR count). The quantitative estimate of drug-likeness (QED) is 0.680. The molecule has 0 spiro atoms.